The predicted octanol–water partition coefficient (Wildman–Crippen LogP) is 4.12. The highest BCUT2D eigenvalue weighted by molar-refractivity contribution is 5.77. The molecule has 0 aliphatic rings. The first-order valence-electron chi connectivity index (χ1n) is 8.44. The molecule has 180 valence electrons. The molecule has 0 aliphatic carbocycles. The van der Waals surface area contributed by atoms with Crippen LogP contribution < -0.4 is 5.73 Å². The van der Waals surface area contributed by atoms with Crippen LogP contribution in [0.5, 0.6) is 0 Å². The van der Waals surface area contributed by atoms with Crippen molar-refractivity contribution in [3.63, 3.8) is 0 Å². The summed E-state index contributed by atoms with van der Waals surface area (Å²) in [7, 11) is 0. The third-order valence-corrected chi connectivity index (χ3v) is 3.36. The van der Waals surface area contributed by atoms with E-state index in [1.54, 1.807) is 30.7 Å². The van der Waals surface area contributed by atoms with Crippen LogP contribution in [0.15, 0.2) is 53.3 Å². The van der Waals surface area contributed by atoms with Gasteiger partial charge in [0.05, 0.1) is 17.7 Å². The number of halogens is 6. The molecule has 34 heavy (non-hydrogen) atoms. The van der Waals surface area contributed by atoms with Gasteiger partial charge in [-0.25, -0.2) is 14.6 Å². The number of rotatable bonds is 2. The number of carboxylic acid groups (broad SMARTS) is 2. The molecule has 3 aromatic heterocycles. The summed E-state index contributed by atoms with van der Waals surface area (Å²) in [5, 5.41) is 23.5. The highest BCUT2D eigenvalue weighted by Gasteiger charge is 2.38. The van der Waals surface area contributed by atoms with Crippen molar-refractivity contribution in [1.29, 1.82) is 5.26 Å². The van der Waals surface area contributed by atoms with Crippen LogP contribution in [0.1, 0.15) is 5.56 Å². The first-order chi connectivity index (χ1) is 15.7. The van der Waals surface area contributed by atoms with Crippen LogP contribution in [0, 0.1) is 11.3 Å². The van der Waals surface area contributed by atoms with Gasteiger partial charge in [-0.15, -0.1) is 0 Å². The van der Waals surface area contributed by atoms with Gasteiger partial charge in [0, 0.05) is 11.8 Å². The molecule has 3 aromatic rings. The van der Waals surface area contributed by atoms with Crippen molar-refractivity contribution < 1.29 is 50.6 Å². The second kappa shape index (κ2) is 11.3. The van der Waals surface area contributed by atoms with E-state index in [-0.39, 0.29) is 5.82 Å². The minimum Gasteiger partial charge on any atom is -0.475 e. The van der Waals surface area contributed by atoms with Crippen molar-refractivity contribution in [3.05, 3.63) is 54.4 Å². The molecule has 3 heterocycles. The summed E-state index contributed by atoms with van der Waals surface area (Å²) in [4.78, 5) is 26.3. The smallest absolute Gasteiger partial charge is 0.475 e. The number of pyridine rings is 2. The predicted molar refractivity (Wildman–Crippen MR) is 102 cm³/mol. The summed E-state index contributed by atoms with van der Waals surface area (Å²) in [5.41, 5.74) is 8.09. The van der Waals surface area contributed by atoms with Gasteiger partial charge in [0.25, 0.3) is 0 Å². The monoisotopic (exact) mass is 490 g/mol. The number of aliphatic carboxylic acids is 2. The number of anilines is 1. The molecule has 9 nitrogen and oxygen atoms in total. The van der Waals surface area contributed by atoms with Gasteiger partial charge in [-0.3, -0.25) is 4.98 Å². The SMILES string of the molecule is N#Cc1c(-c2ccco2)cc(-c2ccccn2)nc1N.O=C(O)C(F)(F)F.O=C(O)C(F)(F)F. The van der Waals surface area contributed by atoms with E-state index >= 15 is 0 Å². The highest BCUT2D eigenvalue weighted by atomic mass is 19.4. The molecule has 0 saturated heterocycles. The normalized spacial score (nSPS) is 10.6. The molecular formula is C19H12F6N4O5. The fourth-order valence-corrected chi connectivity index (χ4v) is 1.95. The summed E-state index contributed by atoms with van der Waals surface area (Å²) in [5.74, 6) is -4.77. The fourth-order valence-electron chi connectivity index (χ4n) is 1.95. The number of hydrogen-bond acceptors (Lipinski definition) is 7. The number of hydrogen-bond donors (Lipinski definition) is 3. The standard InChI is InChI=1S/C15H10N4O.2C2HF3O2/c16-9-11-10(14-5-3-7-20-14)8-13(19-15(11)17)12-4-1-2-6-18-12;2*3-2(4,5)1(6)7/h1-8H,(H2,17,19);2*(H,6,7). The quantitative estimate of drug-likeness (QED) is 0.448. The lowest BCUT2D eigenvalue weighted by Crippen LogP contribution is -2.21. The summed E-state index contributed by atoms with van der Waals surface area (Å²) in [6.07, 6.45) is -6.94. The van der Waals surface area contributed by atoms with Crippen molar-refractivity contribution in [2.75, 3.05) is 5.73 Å². The van der Waals surface area contributed by atoms with Crippen LogP contribution in [0.3, 0.4) is 0 Å². The Hall–Kier alpha value is -4.61. The molecule has 3 rings (SSSR count). The van der Waals surface area contributed by atoms with Crippen molar-refractivity contribution >= 4 is 17.8 Å². The van der Waals surface area contributed by atoms with E-state index in [1.807, 2.05) is 18.2 Å². The zero-order valence-corrected chi connectivity index (χ0v) is 16.4. The molecule has 0 bridgehead atoms. The van der Waals surface area contributed by atoms with Crippen LogP contribution in [0.4, 0.5) is 32.2 Å². The van der Waals surface area contributed by atoms with Crippen molar-refractivity contribution in [3.8, 4) is 28.8 Å². The van der Waals surface area contributed by atoms with E-state index in [2.05, 4.69) is 16.0 Å². The van der Waals surface area contributed by atoms with Crippen molar-refractivity contribution in [2.45, 2.75) is 12.4 Å². The van der Waals surface area contributed by atoms with Gasteiger partial charge in [-0.05, 0) is 30.3 Å². The Bertz CT molecular complexity index is 1130. The molecule has 0 atom stereocenters. The van der Waals surface area contributed by atoms with Crippen LogP contribution in [0.2, 0.25) is 0 Å². The van der Waals surface area contributed by atoms with Crippen molar-refractivity contribution in [2.24, 2.45) is 0 Å². The molecule has 0 unspecified atom stereocenters. The highest BCUT2D eigenvalue weighted by Crippen LogP contribution is 2.30. The number of carboxylic acids is 2. The number of nitrogens with two attached hydrogens (primary N) is 1. The summed E-state index contributed by atoms with van der Waals surface area (Å²) >= 11 is 0. The minimum absolute atomic E-state index is 0.169. The van der Waals surface area contributed by atoms with Crippen LogP contribution in [-0.2, 0) is 9.59 Å². The Balaban J connectivity index is 0.000000343. The molecule has 0 aromatic carbocycles. The first kappa shape index (κ1) is 27.4. The lowest BCUT2D eigenvalue weighted by Gasteiger charge is -2.07. The molecule has 0 aliphatic heterocycles. The largest absolute Gasteiger partial charge is 0.490 e. The number of carbonyl (C=O) groups is 2. The lowest BCUT2D eigenvalue weighted by atomic mass is 10.1. The summed E-state index contributed by atoms with van der Waals surface area (Å²) < 4.78 is 68.8. The molecule has 0 fully saturated rings. The number of furan rings is 1. The van der Waals surface area contributed by atoms with Gasteiger partial charge in [0.2, 0.25) is 0 Å². The Morgan fingerprint density at radius 2 is 1.53 bits per heavy atom. The van der Waals surface area contributed by atoms with E-state index in [4.69, 9.17) is 30.0 Å². The molecular weight excluding hydrogens is 478 g/mol. The molecule has 0 radical (unpaired) electrons. The third-order valence-electron chi connectivity index (χ3n) is 3.36. The second-order valence-electron chi connectivity index (χ2n) is 5.73. The van der Waals surface area contributed by atoms with Gasteiger partial charge >= 0.3 is 24.3 Å². The van der Waals surface area contributed by atoms with E-state index in [9.17, 15) is 31.6 Å². The second-order valence-corrected chi connectivity index (χ2v) is 5.73. The van der Waals surface area contributed by atoms with Gasteiger partial charge in [0.1, 0.15) is 23.2 Å². The molecule has 0 amide bonds. The molecule has 0 saturated carbocycles. The zero-order valence-electron chi connectivity index (χ0n) is 16.4. The molecule has 4 N–H and O–H groups in total. The lowest BCUT2D eigenvalue weighted by molar-refractivity contribution is -0.193. The minimum atomic E-state index is -5.08. The van der Waals surface area contributed by atoms with E-state index in [0.29, 0.717) is 28.3 Å². The van der Waals surface area contributed by atoms with E-state index in [0.717, 1.165) is 0 Å². The number of nitrogens with zero attached hydrogens (tertiary/aromatic N) is 3. The molecule has 0 spiro atoms. The summed E-state index contributed by atoms with van der Waals surface area (Å²) in [6, 6.07) is 12.9. The maximum Gasteiger partial charge on any atom is 0.490 e. The number of aromatic nitrogens is 2. The van der Waals surface area contributed by atoms with Crippen LogP contribution in [0.25, 0.3) is 22.7 Å². The average molecular weight is 490 g/mol. The average Bonchev–Trinajstić information content (AvgIpc) is 3.28. The van der Waals surface area contributed by atoms with Gasteiger partial charge in [-0.1, -0.05) is 6.07 Å². The van der Waals surface area contributed by atoms with Gasteiger partial charge in [-0.2, -0.15) is 31.6 Å². The maximum atomic E-state index is 10.6. The number of alkyl halides is 6. The third kappa shape index (κ3) is 8.15. The zero-order chi connectivity index (χ0) is 26.1. The first-order valence-corrected chi connectivity index (χ1v) is 8.44. The Morgan fingerprint density at radius 3 is 1.91 bits per heavy atom. The van der Waals surface area contributed by atoms with E-state index < -0.39 is 24.3 Å². The van der Waals surface area contributed by atoms with Crippen LogP contribution >= 0.6 is 0 Å². The topological polar surface area (TPSA) is 163 Å². The number of nitrogen functional groups attached to an aromatic ring is 1. The Labute approximate surface area is 185 Å². The summed E-state index contributed by atoms with van der Waals surface area (Å²) in [6.45, 7) is 0. The van der Waals surface area contributed by atoms with Crippen LogP contribution in [-0.4, -0.2) is 44.5 Å². The fraction of sp³-hybridized carbons (Fsp3) is 0.105. The van der Waals surface area contributed by atoms with E-state index in [1.165, 1.54) is 0 Å². The Kier molecular flexibility index (Phi) is 9.12. The Morgan fingerprint density at radius 1 is 0.971 bits per heavy atom. The number of nitriles is 1. The van der Waals surface area contributed by atoms with Crippen molar-refractivity contribution in [1.82, 2.24) is 9.97 Å². The van der Waals surface area contributed by atoms with Gasteiger partial charge in [0.15, 0.2) is 0 Å². The van der Waals surface area contributed by atoms with Gasteiger partial charge < -0.3 is 20.4 Å². The molecule has 15 heteroatoms. The maximum absolute atomic E-state index is 10.6.